The molecule has 0 heterocycles. The molecule has 18 heavy (non-hydrogen) atoms. The summed E-state index contributed by atoms with van der Waals surface area (Å²) >= 11 is 0. The molecule has 0 bridgehead atoms. The van der Waals surface area contributed by atoms with E-state index < -0.39 is 5.97 Å². The van der Waals surface area contributed by atoms with Gasteiger partial charge in [0.15, 0.2) is 0 Å². The number of carboxylic acids is 1. The maximum absolute atomic E-state index is 12.0. The van der Waals surface area contributed by atoms with Gasteiger partial charge in [0.25, 0.3) is 0 Å². The van der Waals surface area contributed by atoms with E-state index in [0.717, 1.165) is 19.3 Å². The van der Waals surface area contributed by atoms with Crippen LogP contribution in [0.2, 0.25) is 0 Å². The first-order chi connectivity index (χ1) is 8.58. The van der Waals surface area contributed by atoms with Crippen molar-refractivity contribution in [1.29, 1.82) is 0 Å². The van der Waals surface area contributed by atoms with Crippen molar-refractivity contribution in [2.45, 2.75) is 44.7 Å². The van der Waals surface area contributed by atoms with E-state index in [1.54, 1.807) is 12.0 Å². The monoisotopic (exact) mass is 258 g/mol. The Morgan fingerprint density at radius 2 is 2.17 bits per heavy atom. The first kappa shape index (κ1) is 14.8. The Morgan fingerprint density at radius 3 is 2.61 bits per heavy atom. The number of nitrogens with one attached hydrogen (secondary N) is 1. The normalized spacial score (nSPS) is 16.1. The number of hydrogen-bond donors (Lipinski definition) is 2. The number of rotatable bonds is 8. The number of carbonyl (C=O) groups excluding carboxylic acids is 1. The van der Waals surface area contributed by atoms with Crippen LogP contribution in [0.3, 0.4) is 0 Å². The number of hydrogen-bond acceptors (Lipinski definition) is 3. The zero-order valence-corrected chi connectivity index (χ0v) is 11.0. The molecular weight excluding hydrogens is 236 g/mol. The van der Waals surface area contributed by atoms with Gasteiger partial charge in [-0.3, -0.25) is 4.79 Å². The maximum atomic E-state index is 12.0. The van der Waals surface area contributed by atoms with E-state index in [4.69, 9.17) is 9.84 Å². The fraction of sp³-hybridized carbons (Fsp3) is 0.833. The summed E-state index contributed by atoms with van der Waals surface area (Å²) in [5, 5.41) is 11.6. The summed E-state index contributed by atoms with van der Waals surface area (Å²) in [6.45, 7) is 2.72. The number of methoxy groups -OCH3 is 1. The van der Waals surface area contributed by atoms with Gasteiger partial charge < -0.3 is 20.1 Å². The summed E-state index contributed by atoms with van der Waals surface area (Å²) in [5.41, 5.74) is 0. The van der Waals surface area contributed by atoms with Gasteiger partial charge in [-0.25, -0.2) is 4.79 Å². The third kappa shape index (κ3) is 4.91. The number of aliphatic carboxylic acids is 1. The van der Waals surface area contributed by atoms with Crippen LogP contribution in [0.5, 0.6) is 0 Å². The second-order valence-corrected chi connectivity index (χ2v) is 4.58. The molecule has 0 radical (unpaired) electrons. The van der Waals surface area contributed by atoms with Gasteiger partial charge in [0, 0.05) is 19.7 Å². The third-order valence-corrected chi connectivity index (χ3v) is 3.00. The molecule has 0 aromatic carbocycles. The van der Waals surface area contributed by atoms with E-state index in [2.05, 4.69) is 5.32 Å². The first-order valence-corrected chi connectivity index (χ1v) is 6.36. The topological polar surface area (TPSA) is 78.9 Å². The fourth-order valence-corrected chi connectivity index (χ4v) is 1.77. The van der Waals surface area contributed by atoms with Crippen LogP contribution in [0.25, 0.3) is 0 Å². The fourth-order valence-electron chi connectivity index (χ4n) is 1.77. The van der Waals surface area contributed by atoms with Gasteiger partial charge >= 0.3 is 12.0 Å². The summed E-state index contributed by atoms with van der Waals surface area (Å²) in [6, 6.07) is 0.0145. The SMILES string of the molecule is CCC(COC)NC(=O)N(CCC(=O)O)C1CC1. The summed E-state index contributed by atoms with van der Waals surface area (Å²) in [4.78, 5) is 24.3. The maximum Gasteiger partial charge on any atom is 0.317 e. The van der Waals surface area contributed by atoms with Gasteiger partial charge in [0.1, 0.15) is 0 Å². The molecular formula is C12H22N2O4. The third-order valence-electron chi connectivity index (χ3n) is 3.00. The minimum absolute atomic E-state index is 0.00894. The van der Waals surface area contributed by atoms with E-state index in [1.165, 1.54) is 0 Å². The lowest BCUT2D eigenvalue weighted by Crippen LogP contribution is -2.47. The van der Waals surface area contributed by atoms with Crippen LogP contribution in [-0.2, 0) is 9.53 Å². The molecule has 1 fully saturated rings. The van der Waals surface area contributed by atoms with Crippen molar-refractivity contribution in [2.24, 2.45) is 0 Å². The molecule has 1 atom stereocenters. The molecule has 6 heteroatoms. The molecule has 0 aromatic rings. The van der Waals surface area contributed by atoms with Crippen LogP contribution >= 0.6 is 0 Å². The highest BCUT2D eigenvalue weighted by atomic mass is 16.5. The summed E-state index contributed by atoms with van der Waals surface area (Å²) in [7, 11) is 1.60. The summed E-state index contributed by atoms with van der Waals surface area (Å²) in [5.74, 6) is -0.877. The van der Waals surface area contributed by atoms with E-state index in [-0.39, 0.29) is 31.1 Å². The number of ether oxygens (including phenoxy) is 1. The molecule has 1 saturated carbocycles. The number of amides is 2. The quantitative estimate of drug-likeness (QED) is 0.682. The van der Waals surface area contributed by atoms with Crippen molar-refractivity contribution in [3.05, 3.63) is 0 Å². The molecule has 0 spiro atoms. The minimum atomic E-state index is -0.877. The van der Waals surface area contributed by atoms with Crippen molar-refractivity contribution >= 4 is 12.0 Å². The van der Waals surface area contributed by atoms with Crippen molar-refractivity contribution in [2.75, 3.05) is 20.3 Å². The second-order valence-electron chi connectivity index (χ2n) is 4.58. The minimum Gasteiger partial charge on any atom is -0.481 e. The Hall–Kier alpha value is -1.30. The van der Waals surface area contributed by atoms with Gasteiger partial charge in [-0.15, -0.1) is 0 Å². The Kier molecular flexibility index (Phi) is 5.91. The van der Waals surface area contributed by atoms with Crippen LogP contribution in [-0.4, -0.2) is 54.4 Å². The Morgan fingerprint density at radius 1 is 1.50 bits per heavy atom. The Balaban J connectivity index is 2.45. The standard InChI is InChI=1S/C12H22N2O4/c1-3-9(8-18-2)13-12(17)14(10-4-5-10)7-6-11(15)16/h9-10H,3-8H2,1-2H3,(H,13,17)(H,15,16). The molecule has 1 rings (SSSR count). The Labute approximate surface area is 107 Å². The summed E-state index contributed by atoms with van der Waals surface area (Å²) < 4.78 is 5.02. The molecule has 2 N–H and O–H groups in total. The average molecular weight is 258 g/mol. The summed E-state index contributed by atoms with van der Waals surface area (Å²) in [6.07, 6.45) is 2.71. The number of carboxylic acid groups (broad SMARTS) is 1. The Bertz CT molecular complexity index is 292. The highest BCUT2D eigenvalue weighted by molar-refractivity contribution is 5.76. The number of urea groups is 1. The van der Waals surface area contributed by atoms with Crippen molar-refractivity contribution in [3.8, 4) is 0 Å². The predicted octanol–water partition coefficient (Wildman–Crippen LogP) is 1.06. The van der Waals surface area contributed by atoms with Crippen molar-refractivity contribution in [1.82, 2.24) is 10.2 Å². The lowest BCUT2D eigenvalue weighted by atomic mass is 10.2. The van der Waals surface area contributed by atoms with Crippen LogP contribution in [0.15, 0.2) is 0 Å². The number of carbonyl (C=O) groups is 2. The zero-order valence-electron chi connectivity index (χ0n) is 11.0. The van der Waals surface area contributed by atoms with Crippen molar-refractivity contribution in [3.63, 3.8) is 0 Å². The van der Waals surface area contributed by atoms with Gasteiger partial charge in [0.05, 0.1) is 19.1 Å². The van der Waals surface area contributed by atoms with E-state index >= 15 is 0 Å². The van der Waals surface area contributed by atoms with Gasteiger partial charge in [-0.1, -0.05) is 6.92 Å². The molecule has 6 nitrogen and oxygen atoms in total. The number of nitrogens with zero attached hydrogens (tertiary/aromatic N) is 1. The molecule has 104 valence electrons. The van der Waals surface area contributed by atoms with Gasteiger partial charge in [0.2, 0.25) is 0 Å². The van der Waals surface area contributed by atoms with Gasteiger partial charge in [-0.2, -0.15) is 0 Å². The molecule has 1 aliphatic carbocycles. The zero-order chi connectivity index (χ0) is 13.5. The molecule has 0 aliphatic heterocycles. The predicted molar refractivity (Wildman–Crippen MR) is 66.5 cm³/mol. The second kappa shape index (κ2) is 7.20. The van der Waals surface area contributed by atoms with E-state index in [9.17, 15) is 9.59 Å². The van der Waals surface area contributed by atoms with E-state index in [1.807, 2.05) is 6.92 Å². The first-order valence-electron chi connectivity index (χ1n) is 6.36. The van der Waals surface area contributed by atoms with Crippen LogP contribution in [0, 0.1) is 0 Å². The van der Waals surface area contributed by atoms with Crippen LogP contribution in [0.4, 0.5) is 4.79 Å². The lowest BCUT2D eigenvalue weighted by molar-refractivity contribution is -0.137. The molecule has 2 amide bonds. The van der Waals surface area contributed by atoms with E-state index in [0.29, 0.717) is 6.61 Å². The molecule has 0 aromatic heterocycles. The molecule has 0 saturated heterocycles. The largest absolute Gasteiger partial charge is 0.481 e. The van der Waals surface area contributed by atoms with Crippen molar-refractivity contribution < 1.29 is 19.4 Å². The molecule has 1 aliphatic rings. The smallest absolute Gasteiger partial charge is 0.317 e. The van der Waals surface area contributed by atoms with Crippen LogP contribution < -0.4 is 5.32 Å². The highest BCUT2D eigenvalue weighted by Crippen LogP contribution is 2.27. The lowest BCUT2D eigenvalue weighted by Gasteiger charge is -2.25. The average Bonchev–Trinajstić information content (AvgIpc) is 3.12. The highest BCUT2D eigenvalue weighted by Gasteiger charge is 2.33. The van der Waals surface area contributed by atoms with Gasteiger partial charge in [-0.05, 0) is 19.3 Å². The van der Waals surface area contributed by atoms with Crippen LogP contribution in [0.1, 0.15) is 32.6 Å². The molecule has 1 unspecified atom stereocenters.